The normalized spacial score (nSPS) is 26.5. The van der Waals surface area contributed by atoms with Crippen molar-refractivity contribution < 1.29 is 9.53 Å². The molecular weight excluding hydrogens is 246 g/mol. The minimum absolute atomic E-state index is 0.0971. The molecule has 2 heterocycles. The molecule has 2 aliphatic rings. The van der Waals surface area contributed by atoms with E-state index in [1.807, 2.05) is 11.8 Å². The Morgan fingerprint density at radius 3 is 3.17 bits per heavy atom. The lowest BCUT2D eigenvalue weighted by Crippen LogP contribution is -2.38. The molecule has 1 fully saturated rings. The van der Waals surface area contributed by atoms with E-state index in [0.717, 1.165) is 18.7 Å². The summed E-state index contributed by atoms with van der Waals surface area (Å²) < 4.78 is 4.79. The van der Waals surface area contributed by atoms with Crippen LogP contribution in [0.5, 0.6) is 0 Å². The second-order valence-corrected chi connectivity index (χ2v) is 5.92. The van der Waals surface area contributed by atoms with Gasteiger partial charge in [-0.05, 0) is 17.5 Å². The van der Waals surface area contributed by atoms with Gasteiger partial charge in [0.1, 0.15) is 0 Å². The number of carbonyl (C=O) groups excluding carboxylic acids is 1. The first-order chi connectivity index (χ1) is 8.79. The van der Waals surface area contributed by atoms with Crippen molar-refractivity contribution in [3.8, 4) is 0 Å². The zero-order valence-corrected chi connectivity index (χ0v) is 11.3. The Morgan fingerprint density at radius 1 is 1.50 bits per heavy atom. The van der Waals surface area contributed by atoms with E-state index in [4.69, 9.17) is 4.74 Å². The van der Waals surface area contributed by atoms with Crippen LogP contribution in [0, 0.1) is 0 Å². The van der Waals surface area contributed by atoms with Crippen molar-refractivity contribution in [2.24, 2.45) is 0 Å². The third kappa shape index (κ3) is 2.04. The molecule has 4 heteroatoms. The van der Waals surface area contributed by atoms with E-state index in [-0.39, 0.29) is 5.97 Å². The van der Waals surface area contributed by atoms with Gasteiger partial charge in [0, 0.05) is 18.3 Å². The molecule has 0 unspecified atom stereocenters. The van der Waals surface area contributed by atoms with Crippen molar-refractivity contribution in [3.05, 3.63) is 35.4 Å². The molecule has 0 aromatic heterocycles. The van der Waals surface area contributed by atoms with Crippen molar-refractivity contribution >= 4 is 17.7 Å². The first kappa shape index (κ1) is 12.1. The van der Waals surface area contributed by atoms with Crippen LogP contribution >= 0.6 is 11.8 Å². The molecule has 96 valence electrons. The minimum atomic E-state index is -0.0971. The van der Waals surface area contributed by atoms with Gasteiger partial charge in [-0.3, -0.25) is 9.69 Å². The van der Waals surface area contributed by atoms with Crippen LogP contribution in [0.3, 0.4) is 0 Å². The van der Waals surface area contributed by atoms with Gasteiger partial charge in [0.05, 0.1) is 18.9 Å². The number of thioether (sulfide) groups is 1. The molecule has 0 saturated carbocycles. The molecule has 1 aromatic rings. The average molecular weight is 263 g/mol. The molecule has 0 radical (unpaired) electrons. The number of nitrogens with zero attached hydrogens (tertiary/aromatic N) is 1. The number of carbonyl (C=O) groups is 1. The molecule has 0 aliphatic carbocycles. The zero-order chi connectivity index (χ0) is 12.5. The fourth-order valence-electron chi connectivity index (χ4n) is 2.86. The predicted octanol–water partition coefficient (Wildman–Crippen LogP) is 2.22. The molecular formula is C14H17NO2S. The molecule has 0 spiro atoms. The van der Waals surface area contributed by atoms with E-state index in [1.54, 1.807) is 0 Å². The van der Waals surface area contributed by atoms with Gasteiger partial charge in [-0.2, -0.15) is 0 Å². The first-order valence-corrected chi connectivity index (χ1v) is 7.36. The number of ether oxygens (including phenoxy) is 1. The van der Waals surface area contributed by atoms with E-state index in [0.29, 0.717) is 17.8 Å². The van der Waals surface area contributed by atoms with Gasteiger partial charge in [-0.1, -0.05) is 24.3 Å². The summed E-state index contributed by atoms with van der Waals surface area (Å²) in [6, 6.07) is 9.00. The molecule has 1 saturated heterocycles. The van der Waals surface area contributed by atoms with E-state index in [1.165, 1.54) is 18.2 Å². The van der Waals surface area contributed by atoms with Gasteiger partial charge >= 0.3 is 5.97 Å². The number of fused-ring (bicyclic) bond motifs is 3. The maximum absolute atomic E-state index is 11.4. The summed E-state index contributed by atoms with van der Waals surface area (Å²) >= 11 is 1.95. The highest BCUT2D eigenvalue weighted by molar-refractivity contribution is 7.99. The first-order valence-electron chi connectivity index (χ1n) is 6.31. The second kappa shape index (κ2) is 4.94. The summed E-state index contributed by atoms with van der Waals surface area (Å²) in [5.74, 6) is 0.925. The highest BCUT2D eigenvalue weighted by atomic mass is 32.2. The number of esters is 1. The third-order valence-corrected chi connectivity index (χ3v) is 5.22. The largest absolute Gasteiger partial charge is 0.469 e. The highest BCUT2D eigenvalue weighted by Gasteiger charge is 2.39. The van der Waals surface area contributed by atoms with Gasteiger partial charge in [0.25, 0.3) is 0 Å². The van der Waals surface area contributed by atoms with E-state index in [9.17, 15) is 4.79 Å². The van der Waals surface area contributed by atoms with Crippen LogP contribution in [0.4, 0.5) is 0 Å². The smallest absolute Gasteiger partial charge is 0.307 e. The summed E-state index contributed by atoms with van der Waals surface area (Å²) in [4.78, 5) is 13.9. The molecule has 0 N–H and O–H groups in total. The van der Waals surface area contributed by atoms with Gasteiger partial charge in [0.2, 0.25) is 0 Å². The van der Waals surface area contributed by atoms with Crippen LogP contribution in [-0.4, -0.2) is 36.3 Å². The number of methoxy groups -OCH3 is 1. The maximum atomic E-state index is 11.4. The Balaban J connectivity index is 1.80. The molecule has 2 aliphatic heterocycles. The van der Waals surface area contributed by atoms with Gasteiger partial charge in [-0.25, -0.2) is 0 Å². The van der Waals surface area contributed by atoms with Crippen molar-refractivity contribution in [2.45, 2.75) is 24.3 Å². The summed E-state index contributed by atoms with van der Waals surface area (Å²) in [7, 11) is 1.47. The number of rotatable bonds is 2. The van der Waals surface area contributed by atoms with Crippen molar-refractivity contribution in [2.75, 3.05) is 19.4 Å². The fourth-order valence-corrected chi connectivity index (χ4v) is 4.45. The Kier molecular flexibility index (Phi) is 3.31. The summed E-state index contributed by atoms with van der Waals surface area (Å²) in [5, 5.41) is 0.435. The number of benzene rings is 1. The molecule has 2 atom stereocenters. The number of hydrogen-bond acceptors (Lipinski definition) is 4. The maximum Gasteiger partial charge on any atom is 0.307 e. The SMILES string of the molecule is COC(=O)C[C@H]1CS[C@H]2c3ccccc3CCN12. The Bertz CT molecular complexity index is 463. The van der Waals surface area contributed by atoms with Crippen LogP contribution in [-0.2, 0) is 16.0 Å². The number of hydrogen-bond donors (Lipinski definition) is 0. The average Bonchev–Trinajstić information content (AvgIpc) is 2.82. The van der Waals surface area contributed by atoms with E-state index >= 15 is 0 Å². The van der Waals surface area contributed by atoms with Crippen LogP contribution in [0.15, 0.2) is 24.3 Å². The standard InChI is InChI=1S/C14H17NO2S/c1-17-13(16)8-11-9-18-14-12-5-3-2-4-10(12)6-7-15(11)14/h2-5,11,14H,6-9H2,1H3/t11-,14-/m0/s1. The third-order valence-electron chi connectivity index (χ3n) is 3.81. The highest BCUT2D eigenvalue weighted by Crippen LogP contribution is 2.45. The Labute approximate surface area is 111 Å². The zero-order valence-electron chi connectivity index (χ0n) is 10.5. The second-order valence-electron chi connectivity index (χ2n) is 4.81. The van der Waals surface area contributed by atoms with Crippen LogP contribution in [0.1, 0.15) is 22.9 Å². The molecule has 18 heavy (non-hydrogen) atoms. The lowest BCUT2D eigenvalue weighted by Gasteiger charge is -2.34. The quantitative estimate of drug-likeness (QED) is 0.765. The van der Waals surface area contributed by atoms with E-state index in [2.05, 4.69) is 29.2 Å². The molecule has 0 amide bonds. The van der Waals surface area contributed by atoms with Crippen LogP contribution in [0.2, 0.25) is 0 Å². The molecule has 3 nitrogen and oxygen atoms in total. The van der Waals surface area contributed by atoms with Crippen molar-refractivity contribution in [3.63, 3.8) is 0 Å². The van der Waals surface area contributed by atoms with Crippen LogP contribution in [0.25, 0.3) is 0 Å². The summed E-state index contributed by atoms with van der Waals surface area (Å²) in [6.07, 6.45) is 1.60. The lowest BCUT2D eigenvalue weighted by atomic mass is 9.98. The van der Waals surface area contributed by atoms with Crippen LogP contribution < -0.4 is 0 Å². The summed E-state index contributed by atoms with van der Waals surface area (Å²) in [6.45, 7) is 1.05. The monoisotopic (exact) mass is 263 g/mol. The van der Waals surface area contributed by atoms with Crippen molar-refractivity contribution in [1.82, 2.24) is 4.90 Å². The minimum Gasteiger partial charge on any atom is -0.469 e. The fraction of sp³-hybridized carbons (Fsp3) is 0.500. The van der Waals surface area contributed by atoms with Crippen molar-refractivity contribution in [1.29, 1.82) is 0 Å². The predicted molar refractivity (Wildman–Crippen MR) is 72.5 cm³/mol. The van der Waals surface area contributed by atoms with Gasteiger partial charge in [0.15, 0.2) is 0 Å². The molecule has 1 aromatic carbocycles. The van der Waals surface area contributed by atoms with Gasteiger partial charge < -0.3 is 4.74 Å². The molecule has 3 rings (SSSR count). The lowest BCUT2D eigenvalue weighted by molar-refractivity contribution is -0.141. The van der Waals surface area contributed by atoms with Gasteiger partial charge in [-0.15, -0.1) is 11.8 Å². The molecule has 0 bridgehead atoms. The Morgan fingerprint density at radius 2 is 2.33 bits per heavy atom. The Hall–Kier alpha value is -1.00. The summed E-state index contributed by atoms with van der Waals surface area (Å²) in [5.41, 5.74) is 2.89. The topological polar surface area (TPSA) is 29.5 Å². The van der Waals surface area contributed by atoms with E-state index < -0.39 is 0 Å².